The minimum absolute atomic E-state index is 0.0349. The number of amides is 1. The summed E-state index contributed by atoms with van der Waals surface area (Å²) in [5.41, 5.74) is 2.85. The fraction of sp³-hybridized carbons (Fsp3) is 0.125. The fourth-order valence-corrected chi connectivity index (χ4v) is 5.35. The predicted octanol–water partition coefficient (Wildman–Crippen LogP) is 5.88. The Morgan fingerprint density at radius 3 is 2.73 bits per heavy atom. The molecule has 1 N–H and O–H groups in total. The van der Waals surface area contributed by atoms with Gasteiger partial charge in [-0.3, -0.25) is 9.36 Å². The summed E-state index contributed by atoms with van der Waals surface area (Å²) in [6.45, 7) is 0.599. The molecule has 0 saturated carbocycles. The molecule has 6 nitrogen and oxygen atoms in total. The molecule has 9 heteroatoms. The minimum Gasteiger partial charge on any atom is -0.360 e. The number of nitrogens with one attached hydrogen (secondary N) is 1. The number of fused-ring (bicyclic) bond motifs is 1. The highest BCUT2D eigenvalue weighted by Gasteiger charge is 2.20. The Kier molecular flexibility index (Phi) is 6.22. The number of H-pyrrole nitrogens is 1. The van der Waals surface area contributed by atoms with Crippen LogP contribution in [0.2, 0.25) is 5.02 Å². The van der Waals surface area contributed by atoms with Crippen LogP contribution in [0.3, 0.4) is 0 Å². The first-order chi connectivity index (χ1) is 16.1. The fourth-order valence-electron chi connectivity index (χ4n) is 3.58. The van der Waals surface area contributed by atoms with Crippen LogP contribution in [-0.4, -0.2) is 43.4 Å². The Morgan fingerprint density at radius 1 is 1.12 bits per heavy atom. The Hall–Kier alpha value is -3.07. The first-order valence-corrected chi connectivity index (χ1v) is 12.5. The van der Waals surface area contributed by atoms with E-state index < -0.39 is 0 Å². The van der Waals surface area contributed by atoms with E-state index in [1.54, 1.807) is 16.2 Å². The van der Waals surface area contributed by atoms with Crippen molar-refractivity contribution < 1.29 is 4.79 Å². The monoisotopic (exact) mass is 493 g/mol. The van der Waals surface area contributed by atoms with Crippen LogP contribution in [0, 0.1) is 0 Å². The third kappa shape index (κ3) is 4.55. The van der Waals surface area contributed by atoms with Gasteiger partial charge in [-0.25, -0.2) is 0 Å². The number of carbonyl (C=O) groups is 1. The molecule has 2 aromatic carbocycles. The van der Waals surface area contributed by atoms with Crippen LogP contribution < -0.4 is 0 Å². The van der Waals surface area contributed by atoms with E-state index in [4.69, 9.17) is 11.6 Å². The van der Waals surface area contributed by atoms with Crippen molar-refractivity contribution in [2.45, 2.75) is 11.7 Å². The Labute approximate surface area is 204 Å². The molecule has 0 radical (unpaired) electrons. The zero-order chi connectivity index (χ0) is 22.8. The third-order valence-electron chi connectivity index (χ3n) is 5.27. The Bertz CT molecular complexity index is 1390. The summed E-state index contributed by atoms with van der Waals surface area (Å²) < 4.78 is 1.98. The number of carbonyl (C=O) groups excluding carboxylic acids is 1. The lowest BCUT2D eigenvalue weighted by atomic mass is 10.1. The van der Waals surface area contributed by atoms with Crippen molar-refractivity contribution >= 4 is 51.5 Å². The van der Waals surface area contributed by atoms with Gasteiger partial charge in [0.15, 0.2) is 11.0 Å². The SMILES string of the molecule is CN(Cc1cccs1)C(=O)CSc1nnc(-c2c[nH]c3ccccc23)n1-c1ccc(Cl)cc1. The van der Waals surface area contributed by atoms with Gasteiger partial charge in [0.05, 0.1) is 12.3 Å². The van der Waals surface area contributed by atoms with Gasteiger partial charge in [-0.15, -0.1) is 21.5 Å². The summed E-state index contributed by atoms with van der Waals surface area (Å²) >= 11 is 9.15. The second-order valence-corrected chi connectivity index (χ2v) is 9.89. The number of halogens is 1. The van der Waals surface area contributed by atoms with Crippen molar-refractivity contribution in [3.63, 3.8) is 0 Å². The molecular formula is C24H20ClN5OS2. The van der Waals surface area contributed by atoms with Crippen LogP contribution in [0.25, 0.3) is 28.0 Å². The topological polar surface area (TPSA) is 66.8 Å². The maximum absolute atomic E-state index is 12.8. The number of rotatable bonds is 7. The van der Waals surface area contributed by atoms with E-state index in [9.17, 15) is 4.79 Å². The number of thiophene rings is 1. The molecule has 0 aliphatic carbocycles. The highest BCUT2D eigenvalue weighted by Crippen LogP contribution is 2.32. The summed E-state index contributed by atoms with van der Waals surface area (Å²) in [6.07, 6.45) is 1.94. The zero-order valence-electron chi connectivity index (χ0n) is 17.7. The quantitative estimate of drug-likeness (QED) is 0.287. The Balaban J connectivity index is 1.46. The molecule has 0 aliphatic heterocycles. The molecule has 3 heterocycles. The summed E-state index contributed by atoms with van der Waals surface area (Å²) in [5, 5.41) is 13.3. The Morgan fingerprint density at radius 2 is 1.94 bits per heavy atom. The van der Waals surface area contributed by atoms with E-state index in [2.05, 4.69) is 21.2 Å². The van der Waals surface area contributed by atoms with E-state index in [0.717, 1.165) is 27.0 Å². The number of thioether (sulfide) groups is 1. The van der Waals surface area contributed by atoms with Crippen molar-refractivity contribution in [2.24, 2.45) is 0 Å². The van der Waals surface area contributed by atoms with Crippen LogP contribution in [-0.2, 0) is 11.3 Å². The molecule has 0 spiro atoms. The smallest absolute Gasteiger partial charge is 0.233 e. The lowest BCUT2D eigenvalue weighted by Gasteiger charge is -2.16. The molecule has 5 rings (SSSR count). The number of benzene rings is 2. The molecule has 0 bridgehead atoms. The van der Waals surface area contributed by atoms with Crippen molar-refractivity contribution in [1.29, 1.82) is 0 Å². The maximum Gasteiger partial charge on any atom is 0.233 e. The van der Waals surface area contributed by atoms with Crippen molar-refractivity contribution in [3.05, 3.63) is 82.1 Å². The van der Waals surface area contributed by atoms with Gasteiger partial charge in [-0.05, 0) is 41.8 Å². The van der Waals surface area contributed by atoms with Gasteiger partial charge in [0, 0.05) is 45.3 Å². The van der Waals surface area contributed by atoms with E-state index in [1.807, 2.05) is 77.8 Å². The lowest BCUT2D eigenvalue weighted by Crippen LogP contribution is -2.27. The van der Waals surface area contributed by atoms with Crippen LogP contribution in [0.5, 0.6) is 0 Å². The highest BCUT2D eigenvalue weighted by atomic mass is 35.5. The molecule has 3 aromatic heterocycles. The van der Waals surface area contributed by atoms with E-state index in [1.165, 1.54) is 11.8 Å². The first kappa shape index (κ1) is 21.8. The number of para-hydroxylation sites is 1. The number of hydrogen-bond donors (Lipinski definition) is 1. The van der Waals surface area contributed by atoms with Gasteiger partial charge in [-0.1, -0.05) is 47.6 Å². The van der Waals surface area contributed by atoms with E-state index in [0.29, 0.717) is 22.5 Å². The average molecular weight is 494 g/mol. The molecule has 5 aromatic rings. The van der Waals surface area contributed by atoms with Crippen LogP contribution in [0.1, 0.15) is 4.88 Å². The van der Waals surface area contributed by atoms with Crippen LogP contribution in [0.15, 0.2) is 77.4 Å². The van der Waals surface area contributed by atoms with Gasteiger partial charge >= 0.3 is 0 Å². The highest BCUT2D eigenvalue weighted by molar-refractivity contribution is 7.99. The van der Waals surface area contributed by atoms with Crippen LogP contribution in [0.4, 0.5) is 0 Å². The standard InChI is InChI=1S/C24H20ClN5OS2/c1-29(14-18-5-4-12-32-18)22(31)15-33-24-28-27-23(30(24)17-10-8-16(25)9-11-17)20-13-26-21-7-3-2-6-19(20)21/h2-13,26H,14-15H2,1H3. The molecule has 0 atom stereocenters. The van der Waals surface area contributed by atoms with Gasteiger partial charge in [0.1, 0.15) is 0 Å². The molecular weight excluding hydrogens is 474 g/mol. The first-order valence-electron chi connectivity index (χ1n) is 10.3. The summed E-state index contributed by atoms with van der Waals surface area (Å²) in [4.78, 5) is 19.0. The largest absolute Gasteiger partial charge is 0.360 e. The molecule has 0 aliphatic rings. The summed E-state index contributed by atoms with van der Waals surface area (Å²) in [6, 6.07) is 19.6. The molecule has 166 valence electrons. The second kappa shape index (κ2) is 9.43. The second-order valence-electron chi connectivity index (χ2n) is 7.48. The molecule has 1 amide bonds. The maximum atomic E-state index is 12.8. The number of nitrogens with zero attached hydrogens (tertiary/aromatic N) is 4. The van der Waals surface area contributed by atoms with Crippen LogP contribution >= 0.6 is 34.7 Å². The van der Waals surface area contributed by atoms with Gasteiger partial charge < -0.3 is 9.88 Å². The van der Waals surface area contributed by atoms with Gasteiger partial charge in [-0.2, -0.15) is 0 Å². The zero-order valence-corrected chi connectivity index (χ0v) is 20.1. The predicted molar refractivity (Wildman–Crippen MR) is 135 cm³/mol. The van der Waals surface area contributed by atoms with E-state index >= 15 is 0 Å². The molecule has 0 saturated heterocycles. The number of aromatic nitrogens is 4. The molecule has 33 heavy (non-hydrogen) atoms. The normalized spacial score (nSPS) is 11.2. The molecule has 0 unspecified atom stereocenters. The van der Waals surface area contributed by atoms with Crippen molar-refractivity contribution in [2.75, 3.05) is 12.8 Å². The average Bonchev–Trinajstić information content (AvgIpc) is 3.57. The number of aromatic amines is 1. The summed E-state index contributed by atoms with van der Waals surface area (Å²) in [7, 11) is 1.82. The van der Waals surface area contributed by atoms with Gasteiger partial charge in [0.2, 0.25) is 5.91 Å². The third-order valence-corrected chi connectivity index (χ3v) is 7.30. The van der Waals surface area contributed by atoms with Gasteiger partial charge in [0.25, 0.3) is 0 Å². The lowest BCUT2D eigenvalue weighted by molar-refractivity contribution is -0.127. The van der Waals surface area contributed by atoms with Crippen molar-refractivity contribution in [1.82, 2.24) is 24.6 Å². The van der Waals surface area contributed by atoms with E-state index in [-0.39, 0.29) is 11.7 Å². The minimum atomic E-state index is 0.0349. The molecule has 0 fully saturated rings. The van der Waals surface area contributed by atoms with Crippen molar-refractivity contribution in [3.8, 4) is 17.1 Å². The number of hydrogen-bond acceptors (Lipinski definition) is 5. The summed E-state index contributed by atoms with van der Waals surface area (Å²) in [5.74, 6) is 1.01.